The molecule has 0 aliphatic heterocycles. The lowest BCUT2D eigenvalue weighted by molar-refractivity contribution is 0.0960. The van der Waals surface area contributed by atoms with Crippen molar-refractivity contribution >= 4 is 34.5 Å². The van der Waals surface area contributed by atoms with Crippen molar-refractivity contribution in [2.75, 3.05) is 7.05 Å². The predicted octanol–water partition coefficient (Wildman–Crippen LogP) is 2.10. The number of halogens is 1. The molecular formula is C8H8BrNOS. The Morgan fingerprint density at radius 3 is 2.75 bits per heavy atom. The van der Waals surface area contributed by atoms with Gasteiger partial charge in [-0.05, 0) is 18.2 Å². The maximum atomic E-state index is 11.2. The molecule has 1 amide bonds. The topological polar surface area (TPSA) is 29.1 Å². The Hall–Kier alpha value is -0.480. The first kappa shape index (κ1) is 9.61. The number of nitrogens with one attached hydrogen (secondary N) is 1. The fourth-order valence-corrected chi connectivity index (χ4v) is 1.68. The fraction of sp³-hybridized carbons (Fsp3) is 0.125. The number of hydrogen-bond donors (Lipinski definition) is 2. The molecule has 1 aromatic rings. The Morgan fingerprint density at radius 2 is 2.25 bits per heavy atom. The SMILES string of the molecule is CNC(=O)c1ccc(Br)cc1S. The van der Waals surface area contributed by atoms with Crippen LogP contribution in [0, 0.1) is 0 Å². The predicted molar refractivity (Wildman–Crippen MR) is 54.8 cm³/mol. The Bertz CT molecular complexity index is 314. The molecule has 0 aromatic heterocycles. The highest BCUT2D eigenvalue weighted by Crippen LogP contribution is 2.19. The van der Waals surface area contributed by atoms with Crippen LogP contribution in [0.4, 0.5) is 0 Å². The summed E-state index contributed by atoms with van der Waals surface area (Å²) in [5.74, 6) is -0.118. The first-order chi connectivity index (χ1) is 5.65. The van der Waals surface area contributed by atoms with Crippen LogP contribution in [0.2, 0.25) is 0 Å². The monoisotopic (exact) mass is 245 g/mol. The van der Waals surface area contributed by atoms with Crippen molar-refractivity contribution < 1.29 is 4.79 Å². The maximum absolute atomic E-state index is 11.2. The van der Waals surface area contributed by atoms with Gasteiger partial charge in [0.05, 0.1) is 5.56 Å². The van der Waals surface area contributed by atoms with E-state index in [9.17, 15) is 4.79 Å². The zero-order valence-electron chi connectivity index (χ0n) is 6.47. The van der Waals surface area contributed by atoms with E-state index in [1.165, 1.54) is 0 Å². The fourth-order valence-electron chi connectivity index (χ4n) is 0.831. The van der Waals surface area contributed by atoms with Gasteiger partial charge in [-0.25, -0.2) is 0 Å². The van der Waals surface area contributed by atoms with Crippen molar-refractivity contribution in [2.24, 2.45) is 0 Å². The zero-order chi connectivity index (χ0) is 9.14. The van der Waals surface area contributed by atoms with Crippen molar-refractivity contribution in [3.8, 4) is 0 Å². The lowest BCUT2D eigenvalue weighted by atomic mass is 10.2. The Balaban J connectivity index is 3.09. The number of rotatable bonds is 1. The molecule has 0 aliphatic carbocycles. The molecule has 0 unspecified atom stereocenters. The smallest absolute Gasteiger partial charge is 0.252 e. The number of carbonyl (C=O) groups excluding carboxylic acids is 1. The van der Waals surface area contributed by atoms with Crippen LogP contribution in [0.5, 0.6) is 0 Å². The number of thiol groups is 1. The molecule has 0 fully saturated rings. The van der Waals surface area contributed by atoms with Crippen LogP contribution >= 0.6 is 28.6 Å². The van der Waals surface area contributed by atoms with Gasteiger partial charge in [0.25, 0.3) is 5.91 Å². The van der Waals surface area contributed by atoms with Crippen LogP contribution in [-0.2, 0) is 0 Å². The molecule has 0 bridgehead atoms. The highest BCUT2D eigenvalue weighted by molar-refractivity contribution is 9.10. The van der Waals surface area contributed by atoms with Crippen LogP contribution in [0.1, 0.15) is 10.4 Å². The summed E-state index contributed by atoms with van der Waals surface area (Å²) in [7, 11) is 1.59. The molecular weight excluding hydrogens is 238 g/mol. The van der Waals surface area contributed by atoms with E-state index in [2.05, 4.69) is 33.9 Å². The minimum absolute atomic E-state index is 0.118. The van der Waals surface area contributed by atoms with Crippen LogP contribution in [0.25, 0.3) is 0 Å². The minimum Gasteiger partial charge on any atom is -0.355 e. The van der Waals surface area contributed by atoms with Gasteiger partial charge < -0.3 is 5.32 Å². The van der Waals surface area contributed by atoms with Gasteiger partial charge in [-0.1, -0.05) is 15.9 Å². The third-order valence-electron chi connectivity index (χ3n) is 1.43. The molecule has 0 radical (unpaired) electrons. The van der Waals surface area contributed by atoms with Crippen molar-refractivity contribution in [3.05, 3.63) is 28.2 Å². The molecule has 0 aliphatic rings. The lowest BCUT2D eigenvalue weighted by Crippen LogP contribution is -2.18. The molecule has 1 rings (SSSR count). The van der Waals surface area contributed by atoms with Crippen molar-refractivity contribution in [1.29, 1.82) is 0 Å². The van der Waals surface area contributed by atoms with E-state index < -0.39 is 0 Å². The molecule has 2 nitrogen and oxygen atoms in total. The number of hydrogen-bond acceptors (Lipinski definition) is 2. The van der Waals surface area contributed by atoms with E-state index in [0.29, 0.717) is 10.5 Å². The van der Waals surface area contributed by atoms with Crippen LogP contribution in [-0.4, -0.2) is 13.0 Å². The van der Waals surface area contributed by atoms with Crippen LogP contribution in [0.3, 0.4) is 0 Å². The van der Waals surface area contributed by atoms with Gasteiger partial charge in [0.2, 0.25) is 0 Å². The first-order valence-electron chi connectivity index (χ1n) is 3.35. The highest BCUT2D eigenvalue weighted by Gasteiger charge is 2.06. The standard InChI is InChI=1S/C8H8BrNOS/c1-10-8(11)6-3-2-5(9)4-7(6)12/h2-4,12H,1H3,(H,10,11). The summed E-state index contributed by atoms with van der Waals surface area (Å²) in [5.41, 5.74) is 0.587. The Morgan fingerprint density at radius 1 is 1.58 bits per heavy atom. The molecule has 64 valence electrons. The summed E-state index contributed by atoms with van der Waals surface area (Å²) in [4.78, 5) is 11.8. The first-order valence-corrected chi connectivity index (χ1v) is 4.59. The van der Waals surface area contributed by atoms with Crippen LogP contribution in [0.15, 0.2) is 27.6 Å². The van der Waals surface area contributed by atoms with Gasteiger partial charge in [0, 0.05) is 16.4 Å². The van der Waals surface area contributed by atoms with E-state index in [1.807, 2.05) is 6.07 Å². The maximum Gasteiger partial charge on any atom is 0.252 e. The van der Waals surface area contributed by atoms with Crippen molar-refractivity contribution in [3.63, 3.8) is 0 Å². The van der Waals surface area contributed by atoms with Crippen molar-refractivity contribution in [1.82, 2.24) is 5.32 Å². The molecule has 12 heavy (non-hydrogen) atoms. The third kappa shape index (κ3) is 2.01. The number of amides is 1. The normalized spacial score (nSPS) is 9.58. The number of benzene rings is 1. The zero-order valence-corrected chi connectivity index (χ0v) is 8.95. The molecule has 1 aromatic carbocycles. The average molecular weight is 246 g/mol. The van der Waals surface area contributed by atoms with E-state index in [-0.39, 0.29) is 5.91 Å². The minimum atomic E-state index is -0.118. The molecule has 0 heterocycles. The summed E-state index contributed by atoms with van der Waals surface area (Å²) >= 11 is 7.46. The van der Waals surface area contributed by atoms with E-state index in [1.54, 1.807) is 19.2 Å². The Labute approximate surface area is 84.9 Å². The van der Waals surface area contributed by atoms with E-state index >= 15 is 0 Å². The largest absolute Gasteiger partial charge is 0.355 e. The molecule has 0 spiro atoms. The quantitative estimate of drug-likeness (QED) is 0.730. The number of carbonyl (C=O) groups is 1. The van der Waals surface area contributed by atoms with Gasteiger partial charge in [0.15, 0.2) is 0 Å². The second-order valence-corrected chi connectivity index (χ2v) is 3.64. The van der Waals surface area contributed by atoms with Gasteiger partial charge in [0.1, 0.15) is 0 Å². The second kappa shape index (κ2) is 3.96. The van der Waals surface area contributed by atoms with Gasteiger partial charge in [-0.2, -0.15) is 0 Å². The molecule has 0 saturated carbocycles. The summed E-state index contributed by atoms with van der Waals surface area (Å²) in [6, 6.07) is 5.32. The van der Waals surface area contributed by atoms with Gasteiger partial charge >= 0.3 is 0 Å². The van der Waals surface area contributed by atoms with Crippen molar-refractivity contribution in [2.45, 2.75) is 4.90 Å². The summed E-state index contributed by atoms with van der Waals surface area (Å²) in [5, 5.41) is 2.54. The van der Waals surface area contributed by atoms with E-state index in [0.717, 1.165) is 4.47 Å². The van der Waals surface area contributed by atoms with Gasteiger partial charge in [-0.15, -0.1) is 12.6 Å². The molecule has 1 N–H and O–H groups in total. The summed E-state index contributed by atoms with van der Waals surface area (Å²) in [6.07, 6.45) is 0. The third-order valence-corrected chi connectivity index (χ3v) is 2.29. The molecule has 0 atom stereocenters. The molecule has 4 heteroatoms. The van der Waals surface area contributed by atoms with Gasteiger partial charge in [-0.3, -0.25) is 4.79 Å². The summed E-state index contributed by atoms with van der Waals surface area (Å²) < 4.78 is 0.917. The second-order valence-electron chi connectivity index (χ2n) is 2.24. The average Bonchev–Trinajstić information content (AvgIpc) is 2.03. The van der Waals surface area contributed by atoms with E-state index in [4.69, 9.17) is 0 Å². The highest BCUT2D eigenvalue weighted by atomic mass is 79.9. The van der Waals surface area contributed by atoms with Crippen LogP contribution < -0.4 is 5.32 Å². The lowest BCUT2D eigenvalue weighted by Gasteiger charge is -2.02. The summed E-state index contributed by atoms with van der Waals surface area (Å²) in [6.45, 7) is 0. The molecule has 0 saturated heterocycles. The Kier molecular flexibility index (Phi) is 3.17.